The van der Waals surface area contributed by atoms with Crippen LogP contribution in [0.4, 0.5) is 0 Å². The van der Waals surface area contributed by atoms with E-state index in [9.17, 15) is 8.42 Å². The molecule has 0 saturated carbocycles. The summed E-state index contributed by atoms with van der Waals surface area (Å²) in [7, 11) is 0.789. The maximum absolute atomic E-state index is 13.7. The van der Waals surface area contributed by atoms with Gasteiger partial charge in [0.25, 0.3) is 10.0 Å². The number of hydrazone groups is 1. The molecule has 3 aromatic carbocycles. The molecule has 1 atom stereocenters. The Kier molecular flexibility index (Phi) is 6.29. The molecule has 0 amide bonds. The van der Waals surface area contributed by atoms with Crippen molar-refractivity contribution in [2.24, 2.45) is 5.10 Å². The van der Waals surface area contributed by atoms with Gasteiger partial charge in [0.15, 0.2) is 0 Å². The molecule has 8 heteroatoms. The number of hydrogen-bond acceptors (Lipinski definition) is 6. The van der Waals surface area contributed by atoms with E-state index in [1.54, 1.807) is 51.7 Å². The first-order valence-electron chi connectivity index (χ1n) is 10.4. The van der Waals surface area contributed by atoms with Gasteiger partial charge in [-0.3, -0.25) is 0 Å². The molecule has 0 radical (unpaired) electrons. The van der Waals surface area contributed by atoms with Crippen LogP contribution in [0.2, 0.25) is 0 Å². The van der Waals surface area contributed by atoms with E-state index in [-0.39, 0.29) is 4.90 Å². The quantitative estimate of drug-likeness (QED) is 0.510. The number of sulfonamides is 1. The Bertz CT molecular complexity index is 1260. The second-order valence-corrected chi connectivity index (χ2v) is 9.50. The summed E-state index contributed by atoms with van der Waals surface area (Å²) >= 11 is 0. The zero-order chi connectivity index (χ0) is 23.6. The van der Waals surface area contributed by atoms with Crippen LogP contribution >= 0.6 is 0 Å². The lowest BCUT2D eigenvalue weighted by Crippen LogP contribution is -2.27. The van der Waals surface area contributed by atoms with Crippen molar-refractivity contribution in [2.75, 3.05) is 21.3 Å². The van der Waals surface area contributed by atoms with Crippen molar-refractivity contribution < 1.29 is 22.6 Å². The van der Waals surface area contributed by atoms with E-state index in [4.69, 9.17) is 14.2 Å². The van der Waals surface area contributed by atoms with Gasteiger partial charge in [0, 0.05) is 23.6 Å². The van der Waals surface area contributed by atoms with Crippen LogP contribution in [0.1, 0.15) is 29.2 Å². The number of rotatable bonds is 7. The molecule has 33 heavy (non-hydrogen) atoms. The SMILES string of the molecule is COc1cc(OC)cc(C2=NN(S(=O)(=O)c3ccc(C)cc3)[C@@H](c3ccccc3OC)C2)c1. The fourth-order valence-corrected chi connectivity index (χ4v) is 5.28. The van der Waals surface area contributed by atoms with Gasteiger partial charge in [-0.25, -0.2) is 0 Å². The summed E-state index contributed by atoms with van der Waals surface area (Å²) in [6.07, 6.45) is 0.363. The zero-order valence-electron chi connectivity index (χ0n) is 19.0. The van der Waals surface area contributed by atoms with Gasteiger partial charge in [0.05, 0.1) is 38.0 Å². The molecule has 1 heterocycles. The van der Waals surface area contributed by atoms with Crippen molar-refractivity contribution >= 4 is 15.7 Å². The second kappa shape index (κ2) is 9.15. The molecule has 1 aliphatic rings. The Morgan fingerprint density at radius 1 is 0.879 bits per heavy atom. The van der Waals surface area contributed by atoms with Gasteiger partial charge < -0.3 is 14.2 Å². The summed E-state index contributed by atoms with van der Waals surface area (Å²) < 4.78 is 44.9. The molecular formula is C25H26N2O5S. The molecule has 1 aliphatic heterocycles. The van der Waals surface area contributed by atoms with E-state index in [2.05, 4.69) is 5.10 Å². The van der Waals surface area contributed by atoms with E-state index in [0.29, 0.717) is 29.4 Å². The predicted molar refractivity (Wildman–Crippen MR) is 127 cm³/mol. The summed E-state index contributed by atoms with van der Waals surface area (Å²) in [6, 6.07) is 19.0. The van der Waals surface area contributed by atoms with Gasteiger partial charge >= 0.3 is 0 Å². The highest BCUT2D eigenvalue weighted by molar-refractivity contribution is 7.89. The molecular weight excluding hydrogens is 440 g/mol. The molecule has 3 aromatic rings. The Balaban J connectivity index is 1.85. The van der Waals surface area contributed by atoms with E-state index in [1.807, 2.05) is 43.3 Å². The van der Waals surface area contributed by atoms with E-state index < -0.39 is 16.1 Å². The summed E-state index contributed by atoms with van der Waals surface area (Å²) in [4.78, 5) is 0.182. The third-order valence-electron chi connectivity index (χ3n) is 5.62. The maximum Gasteiger partial charge on any atom is 0.279 e. The van der Waals surface area contributed by atoms with Crippen LogP contribution in [0, 0.1) is 6.92 Å². The summed E-state index contributed by atoms with van der Waals surface area (Å²) in [6.45, 7) is 1.91. The van der Waals surface area contributed by atoms with Gasteiger partial charge in [-0.1, -0.05) is 35.9 Å². The van der Waals surface area contributed by atoms with Crippen molar-refractivity contribution in [2.45, 2.75) is 24.3 Å². The molecule has 0 spiro atoms. The van der Waals surface area contributed by atoms with Crippen LogP contribution in [0.3, 0.4) is 0 Å². The highest BCUT2D eigenvalue weighted by Gasteiger charge is 2.39. The first-order valence-corrected chi connectivity index (χ1v) is 11.9. The molecule has 0 unspecified atom stereocenters. The fraction of sp³-hybridized carbons (Fsp3) is 0.240. The Hall–Kier alpha value is -3.52. The lowest BCUT2D eigenvalue weighted by atomic mass is 9.98. The van der Waals surface area contributed by atoms with Crippen molar-refractivity contribution in [1.29, 1.82) is 0 Å². The largest absolute Gasteiger partial charge is 0.497 e. The van der Waals surface area contributed by atoms with Crippen molar-refractivity contribution in [1.82, 2.24) is 4.41 Å². The number of ether oxygens (including phenoxy) is 3. The topological polar surface area (TPSA) is 77.4 Å². The van der Waals surface area contributed by atoms with Crippen molar-refractivity contribution in [3.8, 4) is 17.2 Å². The minimum atomic E-state index is -3.92. The smallest absolute Gasteiger partial charge is 0.279 e. The maximum atomic E-state index is 13.7. The molecule has 7 nitrogen and oxygen atoms in total. The first kappa shape index (κ1) is 22.7. The van der Waals surface area contributed by atoms with E-state index >= 15 is 0 Å². The standard InChI is InChI=1S/C25H26N2O5S/c1-17-9-11-21(12-10-17)33(28,29)27-24(22-7-5-6-8-25(22)32-4)16-23(26-27)18-13-19(30-2)15-20(14-18)31-3/h5-15,24H,16H2,1-4H3/t24-/m1/s1. The van der Waals surface area contributed by atoms with Crippen LogP contribution in [-0.2, 0) is 10.0 Å². The molecule has 0 N–H and O–H groups in total. The Labute approximate surface area is 194 Å². The van der Waals surface area contributed by atoms with Gasteiger partial charge in [-0.2, -0.15) is 17.9 Å². The average Bonchev–Trinajstić information content (AvgIpc) is 3.30. The molecule has 0 saturated heterocycles. The van der Waals surface area contributed by atoms with Gasteiger partial charge in [-0.15, -0.1) is 0 Å². The van der Waals surface area contributed by atoms with Crippen LogP contribution in [-0.4, -0.2) is 39.9 Å². The molecule has 172 valence electrons. The van der Waals surface area contributed by atoms with Crippen LogP contribution < -0.4 is 14.2 Å². The minimum Gasteiger partial charge on any atom is -0.497 e. The van der Waals surface area contributed by atoms with E-state index in [1.165, 1.54) is 4.41 Å². The molecule has 4 rings (SSSR count). The molecule has 0 bridgehead atoms. The van der Waals surface area contributed by atoms with Crippen molar-refractivity contribution in [3.63, 3.8) is 0 Å². The number of aryl methyl sites for hydroxylation is 1. The van der Waals surface area contributed by atoms with Gasteiger partial charge in [0.1, 0.15) is 17.2 Å². The second-order valence-electron chi connectivity index (χ2n) is 7.70. The van der Waals surface area contributed by atoms with E-state index in [0.717, 1.165) is 16.7 Å². The van der Waals surface area contributed by atoms with Crippen LogP contribution in [0.5, 0.6) is 17.2 Å². The summed E-state index contributed by atoms with van der Waals surface area (Å²) in [5.41, 5.74) is 3.06. The summed E-state index contributed by atoms with van der Waals surface area (Å²) in [5, 5.41) is 4.61. The average molecular weight is 467 g/mol. The number of benzene rings is 3. The molecule has 0 aliphatic carbocycles. The summed E-state index contributed by atoms with van der Waals surface area (Å²) in [5.74, 6) is 1.80. The van der Waals surface area contributed by atoms with Crippen LogP contribution in [0.25, 0.3) is 0 Å². The van der Waals surface area contributed by atoms with Crippen molar-refractivity contribution in [3.05, 3.63) is 83.4 Å². The Morgan fingerprint density at radius 3 is 2.12 bits per heavy atom. The molecule has 0 fully saturated rings. The van der Waals surface area contributed by atoms with Gasteiger partial charge in [-0.05, 0) is 37.3 Å². The third-order valence-corrected chi connectivity index (χ3v) is 7.32. The number of methoxy groups -OCH3 is 3. The van der Waals surface area contributed by atoms with Crippen LogP contribution in [0.15, 0.2) is 76.7 Å². The fourth-order valence-electron chi connectivity index (χ4n) is 3.85. The lowest BCUT2D eigenvalue weighted by molar-refractivity contribution is 0.350. The highest BCUT2D eigenvalue weighted by Crippen LogP contribution is 2.41. The third kappa shape index (κ3) is 4.39. The number of nitrogens with zero attached hydrogens (tertiary/aromatic N) is 2. The zero-order valence-corrected chi connectivity index (χ0v) is 19.8. The first-order chi connectivity index (χ1) is 15.9. The minimum absolute atomic E-state index is 0.182. The normalized spacial score (nSPS) is 15.8. The molecule has 0 aromatic heterocycles. The van der Waals surface area contributed by atoms with Gasteiger partial charge in [0.2, 0.25) is 0 Å². The number of hydrogen-bond donors (Lipinski definition) is 0. The predicted octanol–water partition coefficient (Wildman–Crippen LogP) is 4.56. The highest BCUT2D eigenvalue weighted by atomic mass is 32.2. The number of para-hydroxylation sites is 1. The lowest BCUT2D eigenvalue weighted by Gasteiger charge is -2.24. The Morgan fingerprint density at radius 2 is 1.52 bits per heavy atom. The monoisotopic (exact) mass is 466 g/mol.